The number of thioether (sulfide) groups is 1. The third-order valence-corrected chi connectivity index (χ3v) is 3.60. The molecule has 7 heteroatoms. The number of nitro benzene ring substituents is 1. The molecule has 1 atom stereocenters. The van der Waals surface area contributed by atoms with Crippen LogP contribution in [0.1, 0.15) is 13.3 Å². The number of nitrogens with zero attached hydrogens (tertiary/aromatic N) is 1. The zero-order valence-electron chi connectivity index (χ0n) is 10.8. The minimum Gasteiger partial charge on any atom is -0.468 e. The van der Waals surface area contributed by atoms with Gasteiger partial charge in [0.1, 0.15) is 5.54 Å². The summed E-state index contributed by atoms with van der Waals surface area (Å²) < 4.78 is 4.61. The fourth-order valence-corrected chi connectivity index (χ4v) is 2.47. The van der Waals surface area contributed by atoms with E-state index >= 15 is 0 Å². The molecule has 0 saturated carbocycles. The van der Waals surface area contributed by atoms with Crippen molar-refractivity contribution in [3.05, 3.63) is 34.4 Å². The lowest BCUT2D eigenvalue weighted by molar-refractivity contribution is -0.384. The van der Waals surface area contributed by atoms with E-state index in [0.717, 1.165) is 4.90 Å². The van der Waals surface area contributed by atoms with Crippen molar-refractivity contribution >= 4 is 23.4 Å². The normalized spacial score (nSPS) is 13.6. The summed E-state index contributed by atoms with van der Waals surface area (Å²) in [6.45, 7) is 1.62. The zero-order chi connectivity index (χ0) is 14.5. The Balaban J connectivity index is 2.49. The van der Waals surface area contributed by atoms with Crippen LogP contribution in [0.3, 0.4) is 0 Å². The molecule has 0 aliphatic carbocycles. The van der Waals surface area contributed by atoms with E-state index in [9.17, 15) is 14.9 Å². The number of rotatable bonds is 6. The van der Waals surface area contributed by atoms with Crippen LogP contribution in [-0.4, -0.2) is 29.3 Å². The van der Waals surface area contributed by atoms with Crippen molar-refractivity contribution < 1.29 is 14.5 Å². The topological polar surface area (TPSA) is 95.5 Å². The zero-order valence-corrected chi connectivity index (χ0v) is 11.6. The molecule has 1 rings (SSSR count). The van der Waals surface area contributed by atoms with Crippen molar-refractivity contribution in [1.82, 2.24) is 0 Å². The number of nitro groups is 1. The summed E-state index contributed by atoms with van der Waals surface area (Å²) in [4.78, 5) is 22.3. The molecule has 6 nitrogen and oxygen atoms in total. The molecule has 0 bridgehead atoms. The van der Waals surface area contributed by atoms with Crippen LogP contribution in [-0.2, 0) is 9.53 Å². The van der Waals surface area contributed by atoms with E-state index in [-0.39, 0.29) is 5.69 Å². The third kappa shape index (κ3) is 4.53. The van der Waals surface area contributed by atoms with Gasteiger partial charge >= 0.3 is 5.97 Å². The average Bonchev–Trinajstić information content (AvgIpc) is 2.38. The highest BCUT2D eigenvalue weighted by Gasteiger charge is 2.28. The smallest absolute Gasteiger partial charge is 0.325 e. The van der Waals surface area contributed by atoms with Crippen LogP contribution in [0.5, 0.6) is 0 Å². The Bertz CT molecular complexity index is 459. The van der Waals surface area contributed by atoms with Crippen LogP contribution in [0.25, 0.3) is 0 Å². The lowest BCUT2D eigenvalue weighted by Gasteiger charge is -2.20. The molecule has 0 spiro atoms. The van der Waals surface area contributed by atoms with Crippen LogP contribution in [0, 0.1) is 10.1 Å². The Morgan fingerprint density at radius 1 is 1.47 bits per heavy atom. The first kappa shape index (κ1) is 15.5. The molecule has 0 aliphatic heterocycles. The number of nitrogens with two attached hydrogens (primary N) is 1. The van der Waals surface area contributed by atoms with Crippen LogP contribution < -0.4 is 5.73 Å². The van der Waals surface area contributed by atoms with Gasteiger partial charge < -0.3 is 10.5 Å². The largest absolute Gasteiger partial charge is 0.468 e. The van der Waals surface area contributed by atoms with Gasteiger partial charge in [0.25, 0.3) is 5.69 Å². The molecule has 0 radical (unpaired) electrons. The molecular weight excluding hydrogens is 268 g/mol. The van der Waals surface area contributed by atoms with Crippen LogP contribution >= 0.6 is 11.8 Å². The number of ether oxygens (including phenoxy) is 1. The fourth-order valence-electron chi connectivity index (χ4n) is 1.38. The minimum absolute atomic E-state index is 0.0579. The van der Waals surface area contributed by atoms with E-state index < -0.39 is 16.4 Å². The maximum Gasteiger partial charge on any atom is 0.325 e. The standard InChI is InChI=1S/C12H16N2O4S/c1-12(13,11(15)18-2)7-8-19-10-5-3-9(4-6-10)14(16)17/h3-6H,7-8,13H2,1-2H3. The molecule has 0 heterocycles. The highest BCUT2D eigenvalue weighted by Crippen LogP contribution is 2.23. The number of non-ortho nitro benzene ring substituents is 1. The number of methoxy groups -OCH3 is 1. The van der Waals surface area contributed by atoms with Gasteiger partial charge in [0.2, 0.25) is 0 Å². The first-order valence-corrected chi connectivity index (χ1v) is 6.60. The van der Waals surface area contributed by atoms with Crippen molar-refractivity contribution in [1.29, 1.82) is 0 Å². The fraction of sp³-hybridized carbons (Fsp3) is 0.417. The second-order valence-corrected chi connectivity index (χ2v) is 5.43. The molecular formula is C12H16N2O4S. The molecule has 1 aromatic rings. The molecule has 19 heavy (non-hydrogen) atoms. The summed E-state index contributed by atoms with van der Waals surface area (Å²) >= 11 is 1.49. The number of hydrogen-bond acceptors (Lipinski definition) is 6. The van der Waals surface area contributed by atoms with Crippen LogP contribution in [0.2, 0.25) is 0 Å². The van der Waals surface area contributed by atoms with Crippen molar-refractivity contribution in [3.8, 4) is 0 Å². The second-order valence-electron chi connectivity index (χ2n) is 4.26. The summed E-state index contributed by atoms with van der Waals surface area (Å²) in [6.07, 6.45) is 0.460. The Morgan fingerprint density at radius 2 is 2.05 bits per heavy atom. The lowest BCUT2D eigenvalue weighted by Crippen LogP contribution is -2.46. The van der Waals surface area contributed by atoms with Gasteiger partial charge in [-0.2, -0.15) is 0 Å². The highest BCUT2D eigenvalue weighted by atomic mass is 32.2. The second kappa shape index (κ2) is 6.53. The van der Waals surface area contributed by atoms with Crippen molar-refractivity contribution in [2.75, 3.05) is 12.9 Å². The summed E-state index contributed by atoms with van der Waals surface area (Å²) in [5.74, 6) is 0.178. The third-order valence-electron chi connectivity index (χ3n) is 2.59. The lowest BCUT2D eigenvalue weighted by atomic mass is 10.0. The van der Waals surface area contributed by atoms with Crippen molar-refractivity contribution in [2.45, 2.75) is 23.8 Å². The van der Waals surface area contributed by atoms with Crippen LogP contribution in [0.4, 0.5) is 5.69 Å². The van der Waals surface area contributed by atoms with Crippen molar-refractivity contribution in [3.63, 3.8) is 0 Å². The number of benzene rings is 1. The van der Waals surface area contributed by atoms with Gasteiger partial charge in [0.05, 0.1) is 12.0 Å². The van der Waals surface area contributed by atoms with Gasteiger partial charge in [-0.1, -0.05) is 0 Å². The quantitative estimate of drug-likeness (QED) is 0.371. The highest BCUT2D eigenvalue weighted by molar-refractivity contribution is 7.99. The number of carbonyl (C=O) groups is 1. The van der Waals surface area contributed by atoms with E-state index in [2.05, 4.69) is 4.74 Å². The molecule has 1 aromatic carbocycles. The van der Waals surface area contributed by atoms with Gasteiger partial charge in [0, 0.05) is 22.8 Å². The van der Waals surface area contributed by atoms with E-state index in [4.69, 9.17) is 5.73 Å². The van der Waals surface area contributed by atoms with E-state index in [1.807, 2.05) is 0 Å². The van der Waals surface area contributed by atoms with Gasteiger partial charge in [-0.15, -0.1) is 11.8 Å². The Labute approximate surface area is 115 Å². The molecule has 0 fully saturated rings. The molecule has 1 unspecified atom stereocenters. The first-order valence-electron chi connectivity index (χ1n) is 5.61. The average molecular weight is 284 g/mol. The molecule has 0 saturated heterocycles. The van der Waals surface area contributed by atoms with E-state index in [1.54, 1.807) is 19.1 Å². The summed E-state index contributed by atoms with van der Waals surface area (Å²) in [6, 6.07) is 6.25. The Kier molecular flexibility index (Phi) is 5.31. The number of hydrogen-bond donors (Lipinski definition) is 1. The SMILES string of the molecule is COC(=O)C(C)(N)CCSc1ccc([N+](=O)[O-])cc1. The maximum absolute atomic E-state index is 11.4. The van der Waals surface area contributed by atoms with Crippen LogP contribution in [0.15, 0.2) is 29.2 Å². The van der Waals surface area contributed by atoms with Crippen molar-refractivity contribution in [2.24, 2.45) is 5.73 Å². The summed E-state index contributed by atoms with van der Waals surface area (Å²) in [5, 5.41) is 10.5. The van der Waals surface area contributed by atoms with E-state index in [1.165, 1.54) is 31.0 Å². The maximum atomic E-state index is 11.4. The molecule has 0 amide bonds. The number of carbonyl (C=O) groups excluding carboxylic acids is 1. The summed E-state index contributed by atoms with van der Waals surface area (Å²) in [5.41, 5.74) is 4.87. The van der Waals surface area contributed by atoms with Gasteiger partial charge in [0.15, 0.2) is 0 Å². The minimum atomic E-state index is -1.01. The predicted molar refractivity (Wildman–Crippen MR) is 73.0 cm³/mol. The molecule has 0 aliphatic rings. The van der Waals surface area contributed by atoms with Gasteiger partial charge in [-0.25, -0.2) is 0 Å². The summed E-state index contributed by atoms with van der Waals surface area (Å²) in [7, 11) is 1.30. The predicted octanol–water partition coefficient (Wildman–Crippen LogP) is 1.97. The molecule has 104 valence electrons. The number of esters is 1. The first-order chi connectivity index (χ1) is 8.86. The Hall–Kier alpha value is -1.60. The van der Waals surface area contributed by atoms with Gasteiger partial charge in [-0.05, 0) is 25.5 Å². The molecule has 2 N–H and O–H groups in total. The Morgan fingerprint density at radius 3 is 2.53 bits per heavy atom. The van der Waals surface area contributed by atoms with E-state index in [0.29, 0.717) is 12.2 Å². The molecule has 0 aromatic heterocycles. The monoisotopic (exact) mass is 284 g/mol. The van der Waals surface area contributed by atoms with Gasteiger partial charge in [-0.3, -0.25) is 14.9 Å².